The predicted molar refractivity (Wildman–Crippen MR) is 69.5 cm³/mol. The lowest BCUT2D eigenvalue weighted by molar-refractivity contribution is 0.100. The summed E-state index contributed by atoms with van der Waals surface area (Å²) in [6, 6.07) is 7.92. The van der Waals surface area contributed by atoms with E-state index in [0.717, 1.165) is 24.3 Å². The summed E-state index contributed by atoms with van der Waals surface area (Å²) in [5, 5.41) is 7.44. The van der Waals surface area contributed by atoms with E-state index < -0.39 is 5.91 Å². The van der Waals surface area contributed by atoms with Gasteiger partial charge in [0.05, 0.1) is 17.4 Å². The van der Waals surface area contributed by atoms with E-state index >= 15 is 0 Å². The van der Waals surface area contributed by atoms with E-state index in [-0.39, 0.29) is 0 Å². The van der Waals surface area contributed by atoms with Crippen molar-refractivity contribution in [2.45, 2.75) is 13.5 Å². The third-order valence-corrected chi connectivity index (χ3v) is 2.67. The minimum Gasteiger partial charge on any atom is -0.366 e. The summed E-state index contributed by atoms with van der Waals surface area (Å²) in [6.45, 7) is 3.72. The lowest BCUT2D eigenvalue weighted by Gasteiger charge is -2.09. The van der Waals surface area contributed by atoms with Gasteiger partial charge >= 0.3 is 0 Å². The first kappa shape index (κ1) is 12.3. The van der Waals surface area contributed by atoms with Gasteiger partial charge in [-0.05, 0) is 18.2 Å². The van der Waals surface area contributed by atoms with Crippen LogP contribution in [0.5, 0.6) is 0 Å². The van der Waals surface area contributed by atoms with Gasteiger partial charge in [0.1, 0.15) is 0 Å². The number of hydrogen-bond donors (Lipinski definition) is 2. The van der Waals surface area contributed by atoms with Gasteiger partial charge in [0, 0.05) is 12.7 Å². The highest BCUT2D eigenvalue weighted by molar-refractivity contribution is 5.92. The molecule has 0 radical (unpaired) electrons. The molecule has 0 unspecified atom stereocenters. The number of nitrogens with two attached hydrogens (primary N) is 1. The molecule has 94 valence electrons. The minimum absolute atomic E-state index is 0.410. The van der Waals surface area contributed by atoms with Crippen LogP contribution in [0.15, 0.2) is 36.7 Å². The molecule has 0 aliphatic carbocycles. The van der Waals surface area contributed by atoms with Crippen LogP contribution in [0.4, 0.5) is 0 Å². The zero-order chi connectivity index (χ0) is 13.0. The zero-order valence-corrected chi connectivity index (χ0v) is 10.3. The Balaban J connectivity index is 2.33. The second-order valence-corrected chi connectivity index (χ2v) is 3.95. The third kappa shape index (κ3) is 2.57. The van der Waals surface area contributed by atoms with Gasteiger partial charge in [0.2, 0.25) is 0 Å². The molecule has 0 spiro atoms. The molecule has 1 aromatic carbocycles. The molecular weight excluding hydrogens is 228 g/mol. The van der Waals surface area contributed by atoms with Crippen molar-refractivity contribution in [1.29, 1.82) is 0 Å². The van der Waals surface area contributed by atoms with Gasteiger partial charge in [-0.1, -0.05) is 25.1 Å². The molecule has 0 aliphatic heterocycles. The number of rotatable bonds is 5. The molecule has 0 saturated carbocycles. The summed E-state index contributed by atoms with van der Waals surface area (Å²) in [4.78, 5) is 11.1. The average molecular weight is 244 g/mol. The highest BCUT2D eigenvalue weighted by Crippen LogP contribution is 2.14. The Labute approximate surface area is 106 Å². The smallest absolute Gasteiger partial charge is 0.251 e. The van der Waals surface area contributed by atoms with Gasteiger partial charge < -0.3 is 11.1 Å². The van der Waals surface area contributed by atoms with Gasteiger partial charge in [-0.2, -0.15) is 5.10 Å². The molecule has 2 aromatic rings. The van der Waals surface area contributed by atoms with Crippen molar-refractivity contribution in [2.75, 3.05) is 6.54 Å². The number of carbonyl (C=O) groups excluding carboxylic acids is 1. The Bertz CT molecular complexity index is 547. The molecule has 2 rings (SSSR count). The first-order valence-electron chi connectivity index (χ1n) is 5.86. The summed E-state index contributed by atoms with van der Waals surface area (Å²) in [6.07, 6.45) is 3.12. The lowest BCUT2D eigenvalue weighted by atomic mass is 10.2. The number of para-hydroxylation sites is 1. The van der Waals surface area contributed by atoms with Crippen LogP contribution < -0.4 is 11.1 Å². The molecular formula is C13H16N4O. The molecule has 0 atom stereocenters. The number of benzene rings is 1. The van der Waals surface area contributed by atoms with Crippen LogP contribution in [0.3, 0.4) is 0 Å². The number of primary amides is 1. The van der Waals surface area contributed by atoms with Crippen LogP contribution in [-0.4, -0.2) is 22.2 Å². The Morgan fingerprint density at radius 3 is 2.89 bits per heavy atom. The molecule has 1 amide bonds. The van der Waals surface area contributed by atoms with Crippen LogP contribution in [0.2, 0.25) is 0 Å². The quantitative estimate of drug-likeness (QED) is 0.826. The fourth-order valence-corrected chi connectivity index (χ4v) is 1.73. The average Bonchev–Trinajstić information content (AvgIpc) is 2.86. The Kier molecular flexibility index (Phi) is 3.74. The van der Waals surface area contributed by atoms with Crippen molar-refractivity contribution in [3.05, 3.63) is 47.8 Å². The Hall–Kier alpha value is -2.14. The van der Waals surface area contributed by atoms with Gasteiger partial charge in [0.15, 0.2) is 0 Å². The maximum absolute atomic E-state index is 11.1. The monoisotopic (exact) mass is 244 g/mol. The van der Waals surface area contributed by atoms with Gasteiger partial charge in [-0.3, -0.25) is 4.79 Å². The molecule has 0 fully saturated rings. The molecule has 0 saturated heterocycles. The topological polar surface area (TPSA) is 72.9 Å². The minimum atomic E-state index is -0.467. The second kappa shape index (κ2) is 5.46. The number of aromatic nitrogens is 2. The van der Waals surface area contributed by atoms with Crippen molar-refractivity contribution in [3.8, 4) is 5.69 Å². The van der Waals surface area contributed by atoms with Crippen molar-refractivity contribution in [3.63, 3.8) is 0 Å². The Morgan fingerprint density at radius 1 is 1.44 bits per heavy atom. The zero-order valence-electron chi connectivity index (χ0n) is 10.3. The van der Waals surface area contributed by atoms with Crippen molar-refractivity contribution in [2.24, 2.45) is 5.73 Å². The van der Waals surface area contributed by atoms with Crippen LogP contribution in [-0.2, 0) is 6.54 Å². The fraction of sp³-hybridized carbons (Fsp3) is 0.231. The maximum atomic E-state index is 11.1. The predicted octanol–water partition coefficient (Wildman–Crippen LogP) is 1.08. The molecule has 0 aliphatic rings. The largest absolute Gasteiger partial charge is 0.366 e. The second-order valence-electron chi connectivity index (χ2n) is 3.95. The summed E-state index contributed by atoms with van der Waals surface area (Å²) in [5.74, 6) is -0.467. The highest BCUT2D eigenvalue weighted by Gasteiger charge is 2.08. The van der Waals surface area contributed by atoms with Gasteiger partial charge in [-0.15, -0.1) is 0 Å². The summed E-state index contributed by atoms with van der Waals surface area (Å²) < 4.78 is 1.67. The number of carbonyl (C=O) groups is 1. The van der Waals surface area contributed by atoms with Crippen molar-refractivity contribution in [1.82, 2.24) is 15.1 Å². The van der Waals surface area contributed by atoms with E-state index in [0.29, 0.717) is 5.56 Å². The fourth-order valence-electron chi connectivity index (χ4n) is 1.73. The van der Waals surface area contributed by atoms with E-state index in [2.05, 4.69) is 17.3 Å². The third-order valence-electron chi connectivity index (χ3n) is 2.67. The SMILES string of the molecule is CCNCc1ccccc1-n1cc(C(N)=O)cn1. The van der Waals surface area contributed by atoms with Gasteiger partial charge in [-0.25, -0.2) is 4.68 Å². The number of hydrogen-bond acceptors (Lipinski definition) is 3. The maximum Gasteiger partial charge on any atom is 0.251 e. The summed E-state index contributed by atoms with van der Waals surface area (Å²) in [5.41, 5.74) is 7.70. The summed E-state index contributed by atoms with van der Waals surface area (Å²) >= 11 is 0. The number of nitrogens with zero attached hydrogens (tertiary/aromatic N) is 2. The van der Waals surface area contributed by atoms with Crippen LogP contribution >= 0.6 is 0 Å². The van der Waals surface area contributed by atoms with E-state index in [9.17, 15) is 4.79 Å². The van der Waals surface area contributed by atoms with Crippen LogP contribution in [0.1, 0.15) is 22.8 Å². The number of amides is 1. The van der Waals surface area contributed by atoms with E-state index in [1.54, 1.807) is 10.9 Å². The molecule has 3 N–H and O–H groups in total. The lowest BCUT2D eigenvalue weighted by Crippen LogP contribution is -2.14. The van der Waals surface area contributed by atoms with E-state index in [1.165, 1.54) is 6.20 Å². The van der Waals surface area contributed by atoms with Crippen molar-refractivity contribution < 1.29 is 4.79 Å². The molecule has 18 heavy (non-hydrogen) atoms. The molecule has 5 nitrogen and oxygen atoms in total. The Morgan fingerprint density at radius 2 is 2.22 bits per heavy atom. The first-order valence-corrected chi connectivity index (χ1v) is 5.86. The standard InChI is InChI=1S/C13H16N4O/c1-2-15-7-10-5-3-4-6-12(10)17-9-11(8-16-17)13(14)18/h3-6,8-9,15H,2,7H2,1H3,(H2,14,18). The molecule has 1 aromatic heterocycles. The number of nitrogens with one attached hydrogen (secondary N) is 1. The molecule has 0 bridgehead atoms. The summed E-state index contributed by atoms with van der Waals surface area (Å²) in [7, 11) is 0. The first-order chi connectivity index (χ1) is 8.72. The van der Waals surface area contributed by atoms with Crippen LogP contribution in [0.25, 0.3) is 5.69 Å². The van der Waals surface area contributed by atoms with E-state index in [4.69, 9.17) is 5.73 Å². The normalized spacial score (nSPS) is 10.5. The molecule has 5 heteroatoms. The van der Waals surface area contributed by atoms with Gasteiger partial charge in [0.25, 0.3) is 5.91 Å². The van der Waals surface area contributed by atoms with Crippen molar-refractivity contribution >= 4 is 5.91 Å². The van der Waals surface area contributed by atoms with E-state index in [1.807, 2.05) is 24.3 Å². The molecule has 1 heterocycles. The highest BCUT2D eigenvalue weighted by atomic mass is 16.1. The van der Waals surface area contributed by atoms with Crippen LogP contribution in [0, 0.1) is 0 Å².